The minimum Gasteiger partial charge on any atom is -0.483 e. The van der Waals surface area contributed by atoms with Gasteiger partial charge in [-0.25, -0.2) is 4.98 Å². The van der Waals surface area contributed by atoms with E-state index in [2.05, 4.69) is 4.98 Å². The summed E-state index contributed by atoms with van der Waals surface area (Å²) in [4.78, 5) is 24.1. The first-order chi connectivity index (χ1) is 13.6. The lowest BCUT2D eigenvalue weighted by Crippen LogP contribution is -2.29. The van der Waals surface area contributed by atoms with Gasteiger partial charge in [-0.15, -0.1) is 0 Å². The Labute approximate surface area is 164 Å². The molecule has 0 N–H and O–H groups in total. The third-order valence-corrected chi connectivity index (χ3v) is 6.08. The SMILES string of the molecule is Cc1nc2c3c(c(C(=O)N4CCCC4)cc2n1C)CC[C@@H](c1ccncc1)O3. The van der Waals surface area contributed by atoms with Crippen molar-refractivity contribution in [1.29, 1.82) is 0 Å². The molecule has 28 heavy (non-hydrogen) atoms. The summed E-state index contributed by atoms with van der Waals surface area (Å²) in [5.74, 6) is 1.81. The van der Waals surface area contributed by atoms with E-state index in [1.165, 1.54) is 0 Å². The van der Waals surface area contributed by atoms with Crippen LogP contribution in [0.5, 0.6) is 5.75 Å². The molecule has 4 heterocycles. The second-order valence-electron chi connectivity index (χ2n) is 7.74. The van der Waals surface area contributed by atoms with Gasteiger partial charge in [0, 0.05) is 43.7 Å². The molecular weight excluding hydrogens is 352 g/mol. The molecule has 6 heteroatoms. The van der Waals surface area contributed by atoms with E-state index < -0.39 is 0 Å². The summed E-state index contributed by atoms with van der Waals surface area (Å²) >= 11 is 0. The Balaban J connectivity index is 1.65. The first-order valence-corrected chi connectivity index (χ1v) is 9.98. The number of aromatic nitrogens is 3. The van der Waals surface area contributed by atoms with Gasteiger partial charge in [0.2, 0.25) is 0 Å². The molecule has 2 aromatic heterocycles. The molecule has 144 valence electrons. The van der Waals surface area contributed by atoms with Crippen molar-refractivity contribution >= 4 is 16.9 Å². The molecule has 1 amide bonds. The fraction of sp³-hybridized carbons (Fsp3) is 0.409. The van der Waals surface area contributed by atoms with Gasteiger partial charge in [0.15, 0.2) is 5.75 Å². The van der Waals surface area contributed by atoms with Crippen molar-refractivity contribution in [2.24, 2.45) is 7.05 Å². The second kappa shape index (κ2) is 6.62. The van der Waals surface area contributed by atoms with Crippen molar-refractivity contribution in [3.05, 3.63) is 53.1 Å². The summed E-state index contributed by atoms with van der Waals surface area (Å²) in [6.45, 7) is 3.67. The predicted molar refractivity (Wildman–Crippen MR) is 107 cm³/mol. The minimum atomic E-state index is -0.0434. The molecule has 6 nitrogen and oxygen atoms in total. The number of fused-ring (bicyclic) bond motifs is 3. The van der Waals surface area contributed by atoms with Crippen molar-refractivity contribution in [3.63, 3.8) is 0 Å². The van der Waals surface area contributed by atoms with Gasteiger partial charge in [-0.3, -0.25) is 9.78 Å². The molecular formula is C22H24N4O2. The normalized spacial score (nSPS) is 18.9. The van der Waals surface area contributed by atoms with Crippen LogP contribution in [0.25, 0.3) is 11.0 Å². The third-order valence-electron chi connectivity index (χ3n) is 6.08. The van der Waals surface area contributed by atoms with E-state index in [0.717, 1.165) is 78.1 Å². The Hall–Kier alpha value is -2.89. The Morgan fingerprint density at radius 2 is 1.96 bits per heavy atom. The quantitative estimate of drug-likeness (QED) is 0.686. The maximum absolute atomic E-state index is 13.3. The van der Waals surface area contributed by atoms with Crippen molar-refractivity contribution in [3.8, 4) is 5.75 Å². The highest BCUT2D eigenvalue weighted by Gasteiger charge is 2.31. The zero-order valence-electron chi connectivity index (χ0n) is 16.3. The number of imidazole rings is 1. The van der Waals surface area contributed by atoms with E-state index in [4.69, 9.17) is 9.72 Å². The molecule has 0 saturated carbocycles. The molecule has 0 spiro atoms. The lowest BCUT2D eigenvalue weighted by Gasteiger charge is -2.29. The van der Waals surface area contributed by atoms with Gasteiger partial charge >= 0.3 is 0 Å². The van der Waals surface area contributed by atoms with Crippen LogP contribution in [0.15, 0.2) is 30.6 Å². The lowest BCUT2D eigenvalue weighted by molar-refractivity contribution is 0.0789. The zero-order chi connectivity index (χ0) is 19.3. The molecule has 0 bridgehead atoms. The number of hydrogen-bond donors (Lipinski definition) is 0. The van der Waals surface area contributed by atoms with Crippen LogP contribution in [0.2, 0.25) is 0 Å². The summed E-state index contributed by atoms with van der Waals surface area (Å²) in [5, 5.41) is 0. The molecule has 1 saturated heterocycles. The van der Waals surface area contributed by atoms with Crippen LogP contribution in [0.1, 0.15) is 52.7 Å². The van der Waals surface area contributed by atoms with Gasteiger partial charge in [-0.05, 0) is 56.4 Å². The zero-order valence-corrected chi connectivity index (χ0v) is 16.3. The molecule has 1 aromatic carbocycles. The van der Waals surface area contributed by atoms with Gasteiger partial charge in [0.05, 0.1) is 5.52 Å². The average Bonchev–Trinajstić information content (AvgIpc) is 3.37. The lowest BCUT2D eigenvalue weighted by atomic mass is 9.93. The molecule has 0 aliphatic carbocycles. The number of aryl methyl sites for hydroxylation is 2. The highest BCUT2D eigenvalue weighted by atomic mass is 16.5. The minimum absolute atomic E-state index is 0.0434. The van der Waals surface area contributed by atoms with Gasteiger partial charge in [0.1, 0.15) is 17.4 Å². The van der Waals surface area contributed by atoms with Crippen molar-refractivity contribution in [2.45, 2.75) is 38.7 Å². The Morgan fingerprint density at radius 3 is 2.71 bits per heavy atom. The Morgan fingerprint density at radius 1 is 1.21 bits per heavy atom. The fourth-order valence-electron chi connectivity index (χ4n) is 4.39. The molecule has 0 unspecified atom stereocenters. The summed E-state index contributed by atoms with van der Waals surface area (Å²) in [5.41, 5.74) is 4.70. The van der Waals surface area contributed by atoms with E-state index in [-0.39, 0.29) is 12.0 Å². The highest BCUT2D eigenvalue weighted by molar-refractivity contribution is 6.01. The largest absolute Gasteiger partial charge is 0.483 e. The highest BCUT2D eigenvalue weighted by Crippen LogP contribution is 2.42. The number of hydrogen-bond acceptors (Lipinski definition) is 4. The third kappa shape index (κ3) is 2.66. The number of pyridine rings is 1. The number of carbonyl (C=O) groups is 1. The van der Waals surface area contributed by atoms with Crippen molar-refractivity contribution < 1.29 is 9.53 Å². The Bertz CT molecular complexity index is 1050. The number of likely N-dealkylation sites (tertiary alicyclic amines) is 1. The van der Waals surface area contributed by atoms with Crippen LogP contribution >= 0.6 is 0 Å². The average molecular weight is 376 g/mol. The first kappa shape index (κ1) is 17.2. The van der Waals surface area contributed by atoms with Gasteiger partial charge < -0.3 is 14.2 Å². The Kier molecular flexibility index (Phi) is 4.07. The van der Waals surface area contributed by atoms with Crippen LogP contribution in [0, 0.1) is 6.92 Å². The van der Waals surface area contributed by atoms with E-state index >= 15 is 0 Å². The predicted octanol–water partition coefficient (Wildman–Crippen LogP) is 3.58. The molecule has 2 aliphatic heterocycles. The van der Waals surface area contributed by atoms with E-state index in [0.29, 0.717) is 0 Å². The summed E-state index contributed by atoms with van der Waals surface area (Å²) < 4.78 is 8.52. The molecule has 2 aliphatic rings. The van der Waals surface area contributed by atoms with Crippen molar-refractivity contribution in [2.75, 3.05) is 13.1 Å². The number of rotatable bonds is 2. The summed E-state index contributed by atoms with van der Waals surface area (Å²) in [7, 11) is 1.99. The van der Waals surface area contributed by atoms with Crippen LogP contribution in [-0.4, -0.2) is 38.4 Å². The van der Waals surface area contributed by atoms with Crippen LogP contribution in [0.3, 0.4) is 0 Å². The van der Waals surface area contributed by atoms with Crippen LogP contribution in [0.4, 0.5) is 0 Å². The maximum atomic E-state index is 13.3. The molecule has 0 radical (unpaired) electrons. The summed E-state index contributed by atoms with van der Waals surface area (Å²) in [6, 6.07) is 6.01. The molecule has 5 rings (SSSR count). The van der Waals surface area contributed by atoms with Crippen molar-refractivity contribution in [1.82, 2.24) is 19.4 Å². The van der Waals surface area contributed by atoms with E-state index in [1.54, 1.807) is 12.4 Å². The number of amides is 1. The number of ether oxygens (including phenoxy) is 1. The molecule has 1 fully saturated rings. The fourth-order valence-corrected chi connectivity index (χ4v) is 4.39. The van der Waals surface area contributed by atoms with Crippen LogP contribution in [-0.2, 0) is 13.5 Å². The van der Waals surface area contributed by atoms with E-state index in [9.17, 15) is 4.79 Å². The topological polar surface area (TPSA) is 60.2 Å². The standard InChI is InChI=1S/C22H24N4O2/c1-14-24-20-18(25(14)2)13-17(22(27)26-11-3-4-12-26)16-5-6-19(28-21(16)20)15-7-9-23-10-8-15/h7-10,13,19H,3-6,11-12H2,1-2H3/t19-/m0/s1. The van der Waals surface area contributed by atoms with Gasteiger partial charge in [0.25, 0.3) is 5.91 Å². The van der Waals surface area contributed by atoms with Crippen LogP contribution < -0.4 is 4.74 Å². The number of nitrogens with zero attached hydrogens (tertiary/aromatic N) is 4. The number of carbonyl (C=O) groups excluding carboxylic acids is 1. The second-order valence-corrected chi connectivity index (χ2v) is 7.74. The van der Waals surface area contributed by atoms with E-state index in [1.807, 2.05) is 41.6 Å². The first-order valence-electron chi connectivity index (χ1n) is 9.98. The van der Waals surface area contributed by atoms with Gasteiger partial charge in [-0.2, -0.15) is 0 Å². The monoisotopic (exact) mass is 376 g/mol. The summed E-state index contributed by atoms with van der Waals surface area (Å²) in [6.07, 6.45) is 7.36. The maximum Gasteiger partial charge on any atom is 0.254 e. The smallest absolute Gasteiger partial charge is 0.254 e. The number of benzene rings is 1. The molecule has 3 aromatic rings. The molecule has 1 atom stereocenters. The van der Waals surface area contributed by atoms with Gasteiger partial charge in [-0.1, -0.05) is 0 Å².